The Morgan fingerprint density at radius 3 is 1.89 bits per heavy atom. The fourth-order valence-corrected chi connectivity index (χ4v) is 3.97. The van der Waals surface area contributed by atoms with E-state index in [2.05, 4.69) is 94.5 Å². The van der Waals surface area contributed by atoms with E-state index in [9.17, 15) is 9.59 Å². The number of pyridine rings is 1. The van der Waals surface area contributed by atoms with E-state index in [-0.39, 0.29) is 11.7 Å². The zero-order valence-electron chi connectivity index (χ0n) is 25.7. The zero-order valence-corrected chi connectivity index (χ0v) is 25.7. The predicted octanol–water partition coefficient (Wildman–Crippen LogP) is 7.88. The summed E-state index contributed by atoms with van der Waals surface area (Å²) in [6, 6.07) is 12.9. The highest BCUT2D eigenvalue weighted by Crippen LogP contribution is 2.18. The van der Waals surface area contributed by atoms with Crippen LogP contribution >= 0.6 is 0 Å². The van der Waals surface area contributed by atoms with Crippen LogP contribution in [0.25, 0.3) is 0 Å². The fourth-order valence-electron chi connectivity index (χ4n) is 3.97. The minimum Gasteiger partial charge on any atom is -0.371 e. The minimum atomic E-state index is -0.0645. The van der Waals surface area contributed by atoms with Gasteiger partial charge in [-0.3, -0.25) is 14.6 Å². The molecule has 1 amide bonds. The summed E-state index contributed by atoms with van der Waals surface area (Å²) in [5, 5.41) is 2.86. The Labute approximate surface area is 233 Å². The van der Waals surface area contributed by atoms with Crippen molar-refractivity contribution >= 4 is 17.4 Å². The van der Waals surface area contributed by atoms with Gasteiger partial charge in [-0.25, -0.2) is 0 Å². The third kappa shape index (κ3) is 15.3. The Hall–Kier alpha value is -2.95. The normalized spacial score (nSPS) is 11.1. The number of nitrogens with one attached hydrogen (secondary N) is 1. The predicted molar refractivity (Wildman–Crippen MR) is 164 cm³/mol. The van der Waals surface area contributed by atoms with Crippen LogP contribution in [0.2, 0.25) is 0 Å². The van der Waals surface area contributed by atoms with Gasteiger partial charge in [0, 0.05) is 41.8 Å². The van der Waals surface area contributed by atoms with Crippen molar-refractivity contribution in [3.8, 4) is 0 Å². The first kappa shape index (κ1) is 35.0. The number of rotatable bonds is 11. The van der Waals surface area contributed by atoms with Gasteiger partial charge in [-0.05, 0) is 82.7 Å². The van der Waals surface area contributed by atoms with Crippen molar-refractivity contribution in [2.24, 2.45) is 11.8 Å². The largest absolute Gasteiger partial charge is 0.371 e. The van der Waals surface area contributed by atoms with E-state index < -0.39 is 0 Å². The topological polar surface area (TPSA) is 62.3 Å². The molecule has 212 valence electrons. The van der Waals surface area contributed by atoms with Gasteiger partial charge in [0.25, 0.3) is 0 Å². The van der Waals surface area contributed by atoms with E-state index in [0.717, 1.165) is 49.3 Å². The summed E-state index contributed by atoms with van der Waals surface area (Å²) in [5.41, 5.74) is 5.17. The Bertz CT molecular complexity index is 955. The van der Waals surface area contributed by atoms with Crippen molar-refractivity contribution in [2.45, 2.75) is 94.5 Å². The first-order valence-corrected chi connectivity index (χ1v) is 14.0. The van der Waals surface area contributed by atoms with E-state index in [4.69, 9.17) is 0 Å². The van der Waals surface area contributed by atoms with Gasteiger partial charge in [-0.1, -0.05) is 72.2 Å². The van der Waals surface area contributed by atoms with E-state index in [1.807, 2.05) is 26.0 Å². The molecule has 2 rings (SSSR count). The van der Waals surface area contributed by atoms with Crippen LogP contribution in [0, 0.1) is 32.6 Å². The molecule has 0 aliphatic heterocycles. The van der Waals surface area contributed by atoms with Gasteiger partial charge in [0.05, 0.1) is 0 Å². The molecule has 0 radical (unpaired) electrons. The standard InChI is InChI=1S/C15H25N.C9H11NO.C9H17NO/c1-12(2)10-16(11-13(3)4)15-8-6-14(5)7-9-15;1-6-4-5-9(8(3)11)7(2)10-6;1-4-7-8(5-2)10-9(11)6-3/h6-9,12-13H,10-11H2,1-5H3;4-5H,1-3H3;6,8H,3-5,7H2,1-2H3,(H,10,11). The molecule has 1 aromatic heterocycles. The minimum absolute atomic E-state index is 0.0645. The zero-order chi connectivity index (χ0) is 29.3. The lowest BCUT2D eigenvalue weighted by Crippen LogP contribution is -2.32. The summed E-state index contributed by atoms with van der Waals surface area (Å²) >= 11 is 0. The Morgan fingerprint density at radius 1 is 0.947 bits per heavy atom. The molecule has 2 aromatic rings. The molecule has 0 spiro atoms. The number of carbonyl (C=O) groups excluding carboxylic acids is 2. The molecule has 5 nitrogen and oxygen atoms in total. The molecule has 1 N–H and O–H groups in total. The maximum absolute atomic E-state index is 10.9. The first-order chi connectivity index (χ1) is 17.8. The van der Waals surface area contributed by atoms with Crippen molar-refractivity contribution in [2.75, 3.05) is 18.0 Å². The molecule has 1 atom stereocenters. The average Bonchev–Trinajstić information content (AvgIpc) is 2.83. The summed E-state index contributed by atoms with van der Waals surface area (Å²) in [7, 11) is 0. The molecular weight excluding hydrogens is 470 g/mol. The lowest BCUT2D eigenvalue weighted by Gasteiger charge is -2.28. The Kier molecular flexibility index (Phi) is 17.7. The Morgan fingerprint density at radius 2 is 1.50 bits per heavy atom. The number of anilines is 1. The van der Waals surface area contributed by atoms with Gasteiger partial charge in [0.15, 0.2) is 5.78 Å². The molecule has 1 heterocycles. The molecule has 0 aliphatic rings. The highest BCUT2D eigenvalue weighted by molar-refractivity contribution is 5.95. The number of carbonyl (C=O) groups is 2. The van der Waals surface area contributed by atoms with Gasteiger partial charge < -0.3 is 10.2 Å². The molecule has 1 aromatic carbocycles. The van der Waals surface area contributed by atoms with Crippen LogP contribution in [0.15, 0.2) is 49.1 Å². The monoisotopic (exact) mass is 523 g/mol. The van der Waals surface area contributed by atoms with E-state index in [1.165, 1.54) is 17.3 Å². The van der Waals surface area contributed by atoms with Crippen LogP contribution in [0.3, 0.4) is 0 Å². The lowest BCUT2D eigenvalue weighted by molar-refractivity contribution is -0.117. The number of aromatic nitrogens is 1. The number of nitrogens with zero attached hydrogens (tertiary/aromatic N) is 2. The maximum Gasteiger partial charge on any atom is 0.243 e. The van der Waals surface area contributed by atoms with Crippen molar-refractivity contribution in [1.82, 2.24) is 10.3 Å². The molecule has 0 saturated heterocycles. The third-order valence-corrected chi connectivity index (χ3v) is 5.84. The number of aryl methyl sites for hydroxylation is 3. The van der Waals surface area contributed by atoms with Crippen molar-refractivity contribution < 1.29 is 9.59 Å². The highest BCUT2D eigenvalue weighted by atomic mass is 16.1. The van der Waals surface area contributed by atoms with Crippen molar-refractivity contribution in [3.05, 3.63) is 71.6 Å². The SMILES string of the molecule is C=CC(=O)NC(CC)CCC.CC(=O)c1ccc(C)nc1C.Cc1ccc(N(CC(C)C)CC(C)C)cc1. The van der Waals surface area contributed by atoms with E-state index >= 15 is 0 Å². The van der Waals surface area contributed by atoms with Crippen LogP contribution in [0.4, 0.5) is 5.69 Å². The van der Waals surface area contributed by atoms with Crippen molar-refractivity contribution in [3.63, 3.8) is 0 Å². The van der Waals surface area contributed by atoms with Crippen LogP contribution in [-0.4, -0.2) is 35.8 Å². The van der Waals surface area contributed by atoms with Crippen LogP contribution in [-0.2, 0) is 4.79 Å². The number of Topliss-reactive ketones (excluding diaryl/α,β-unsaturated/α-hetero) is 1. The first-order valence-electron chi connectivity index (χ1n) is 14.0. The summed E-state index contributed by atoms with van der Waals surface area (Å²) in [4.78, 5) is 28.4. The van der Waals surface area contributed by atoms with Gasteiger partial charge in [0.1, 0.15) is 0 Å². The highest BCUT2D eigenvalue weighted by Gasteiger charge is 2.10. The molecule has 0 aliphatic carbocycles. The summed E-state index contributed by atoms with van der Waals surface area (Å²) in [6.07, 6.45) is 4.47. The van der Waals surface area contributed by atoms with E-state index in [0.29, 0.717) is 17.9 Å². The molecule has 38 heavy (non-hydrogen) atoms. The van der Waals surface area contributed by atoms with Gasteiger partial charge >= 0.3 is 0 Å². The quantitative estimate of drug-likeness (QED) is 0.240. The second-order valence-corrected chi connectivity index (χ2v) is 10.8. The molecule has 0 fully saturated rings. The van der Waals surface area contributed by atoms with Gasteiger partial charge in [0.2, 0.25) is 5.91 Å². The van der Waals surface area contributed by atoms with E-state index in [1.54, 1.807) is 6.92 Å². The molecule has 5 heteroatoms. The number of hydrogen-bond donors (Lipinski definition) is 1. The average molecular weight is 524 g/mol. The second kappa shape index (κ2) is 19.2. The van der Waals surface area contributed by atoms with Gasteiger partial charge in [-0.2, -0.15) is 0 Å². The summed E-state index contributed by atoms with van der Waals surface area (Å²) in [6.45, 7) is 26.4. The van der Waals surface area contributed by atoms with Crippen molar-refractivity contribution in [1.29, 1.82) is 0 Å². The Balaban J connectivity index is 0.000000557. The molecule has 0 saturated carbocycles. The number of ketones is 1. The van der Waals surface area contributed by atoms with Crippen LogP contribution < -0.4 is 10.2 Å². The third-order valence-electron chi connectivity index (χ3n) is 5.84. The molecule has 1 unspecified atom stereocenters. The summed E-state index contributed by atoms with van der Waals surface area (Å²) < 4.78 is 0. The lowest BCUT2D eigenvalue weighted by atomic mass is 10.1. The molecular formula is C33H53N3O2. The second-order valence-electron chi connectivity index (χ2n) is 10.8. The van der Waals surface area contributed by atoms with Crippen LogP contribution in [0.5, 0.6) is 0 Å². The number of amides is 1. The maximum atomic E-state index is 10.9. The summed E-state index contributed by atoms with van der Waals surface area (Å²) in [5.74, 6) is 1.43. The number of benzene rings is 1. The van der Waals surface area contributed by atoms with Crippen LogP contribution in [0.1, 0.15) is 95.0 Å². The van der Waals surface area contributed by atoms with Gasteiger partial charge in [-0.15, -0.1) is 0 Å². The smallest absolute Gasteiger partial charge is 0.243 e. The fraction of sp³-hybridized carbons (Fsp3) is 0.545. The number of hydrogen-bond acceptors (Lipinski definition) is 4. The molecule has 0 bridgehead atoms.